The number of nitrogens with one attached hydrogen (secondary N) is 2. The molecule has 1 aromatic heterocycles. The number of nitrogens with zero attached hydrogens (tertiary/aromatic N) is 2. The molecule has 0 bridgehead atoms. The Morgan fingerprint density at radius 1 is 1.25 bits per heavy atom. The number of carbonyl (C=O) groups is 2. The fraction of sp³-hybridized carbons (Fsp3) is 0.421. The number of carbonyl (C=O) groups excluding carboxylic acids is 1. The smallest absolute Gasteiger partial charge is 0.321 e. The summed E-state index contributed by atoms with van der Waals surface area (Å²) < 4.78 is 10.7. The molecule has 0 spiro atoms. The van der Waals surface area contributed by atoms with E-state index in [2.05, 4.69) is 15.5 Å². The van der Waals surface area contributed by atoms with Crippen LogP contribution in [0.3, 0.4) is 0 Å². The zero-order chi connectivity index (χ0) is 19.5. The number of aromatic nitrogens is 2. The van der Waals surface area contributed by atoms with Gasteiger partial charge in [0.05, 0.1) is 5.69 Å². The highest BCUT2D eigenvalue weighted by atomic mass is 16.7. The third-order valence-electron chi connectivity index (χ3n) is 5.12. The maximum Gasteiger partial charge on any atom is 0.321 e. The number of carboxylic acid groups (broad SMARTS) is 1. The van der Waals surface area contributed by atoms with E-state index in [-0.39, 0.29) is 19.3 Å². The highest BCUT2D eigenvalue weighted by molar-refractivity contribution is 5.89. The van der Waals surface area contributed by atoms with E-state index in [1.54, 1.807) is 6.07 Å². The number of anilines is 1. The fourth-order valence-corrected chi connectivity index (χ4v) is 3.58. The zero-order valence-electron chi connectivity index (χ0n) is 15.3. The van der Waals surface area contributed by atoms with Gasteiger partial charge in [-0.3, -0.25) is 9.89 Å². The first-order valence-corrected chi connectivity index (χ1v) is 9.29. The van der Waals surface area contributed by atoms with Crippen molar-refractivity contribution in [1.29, 1.82) is 0 Å². The maximum absolute atomic E-state index is 12.6. The molecule has 28 heavy (non-hydrogen) atoms. The van der Waals surface area contributed by atoms with Gasteiger partial charge >= 0.3 is 6.03 Å². The molecule has 5 rings (SSSR count). The Morgan fingerprint density at radius 2 is 2.00 bits per heavy atom. The highest BCUT2D eigenvalue weighted by Gasteiger charge is 2.31. The summed E-state index contributed by atoms with van der Waals surface area (Å²) in [5.74, 6) is 2.02. The van der Waals surface area contributed by atoms with Crippen molar-refractivity contribution in [2.45, 2.75) is 31.6 Å². The number of fused-ring (bicyclic) bond motifs is 2. The molecule has 148 valence electrons. The standard InChI is InChI=1S/C18H20N4O3.CH2O2/c23-18(19-12-3-4-15-16(9-12)25-10-24-15)22-7-5-13-14(6-8-22)20-21-17(13)11-1-2-11;2-1-3/h3-4,9,11H,1-2,5-8,10H2,(H,19,23)(H,20,21);1H,(H,2,3). The number of hydrogen-bond donors (Lipinski definition) is 3. The zero-order valence-corrected chi connectivity index (χ0v) is 15.3. The molecular weight excluding hydrogens is 364 g/mol. The van der Waals surface area contributed by atoms with Gasteiger partial charge in [0, 0.05) is 42.9 Å². The van der Waals surface area contributed by atoms with Crippen LogP contribution in [0.25, 0.3) is 0 Å². The average molecular weight is 386 g/mol. The average Bonchev–Trinajstić information content (AvgIpc) is 3.35. The molecule has 9 nitrogen and oxygen atoms in total. The van der Waals surface area contributed by atoms with Crippen molar-refractivity contribution in [3.05, 3.63) is 35.2 Å². The van der Waals surface area contributed by atoms with Gasteiger partial charge in [-0.15, -0.1) is 0 Å². The molecule has 3 N–H and O–H groups in total. The third-order valence-corrected chi connectivity index (χ3v) is 5.12. The van der Waals surface area contributed by atoms with E-state index < -0.39 is 0 Å². The van der Waals surface area contributed by atoms with Gasteiger partial charge in [-0.2, -0.15) is 5.10 Å². The predicted molar refractivity (Wildman–Crippen MR) is 99.8 cm³/mol. The van der Waals surface area contributed by atoms with Gasteiger partial charge in [0.15, 0.2) is 11.5 Å². The van der Waals surface area contributed by atoms with E-state index in [0.29, 0.717) is 30.5 Å². The van der Waals surface area contributed by atoms with Crippen LogP contribution in [-0.2, 0) is 17.6 Å². The molecule has 0 unspecified atom stereocenters. The van der Waals surface area contributed by atoms with Gasteiger partial charge in [-0.05, 0) is 37.0 Å². The number of ether oxygens (including phenoxy) is 2. The lowest BCUT2D eigenvalue weighted by atomic mass is 10.1. The Labute approximate surface area is 161 Å². The second-order valence-electron chi connectivity index (χ2n) is 6.93. The lowest BCUT2D eigenvalue weighted by Crippen LogP contribution is -2.36. The van der Waals surface area contributed by atoms with Crippen molar-refractivity contribution in [3.8, 4) is 11.5 Å². The molecule has 9 heteroatoms. The number of amides is 2. The lowest BCUT2D eigenvalue weighted by molar-refractivity contribution is -0.122. The number of aromatic amines is 1. The van der Waals surface area contributed by atoms with Gasteiger partial charge in [0.2, 0.25) is 6.79 Å². The largest absolute Gasteiger partial charge is 0.483 e. The van der Waals surface area contributed by atoms with Gasteiger partial charge in [-0.1, -0.05) is 0 Å². The highest BCUT2D eigenvalue weighted by Crippen LogP contribution is 2.41. The molecule has 1 aromatic carbocycles. The Kier molecular flexibility index (Phi) is 5.05. The molecule has 0 atom stereocenters. The topological polar surface area (TPSA) is 117 Å². The summed E-state index contributed by atoms with van der Waals surface area (Å²) >= 11 is 0. The molecule has 3 heterocycles. The van der Waals surface area contributed by atoms with Crippen LogP contribution in [-0.4, -0.2) is 52.6 Å². The first-order valence-electron chi connectivity index (χ1n) is 9.29. The SMILES string of the molecule is O=C(Nc1ccc2c(c1)OCO2)N1CCc2[nH]nc(C3CC3)c2CC1.O=CO. The van der Waals surface area contributed by atoms with Gasteiger partial charge in [-0.25, -0.2) is 4.79 Å². The third kappa shape index (κ3) is 3.73. The maximum atomic E-state index is 12.6. The molecule has 0 saturated heterocycles. The summed E-state index contributed by atoms with van der Waals surface area (Å²) in [4.78, 5) is 22.9. The molecule has 1 saturated carbocycles. The van der Waals surface area contributed by atoms with Crippen molar-refractivity contribution in [2.75, 3.05) is 25.2 Å². The van der Waals surface area contributed by atoms with Crippen molar-refractivity contribution in [1.82, 2.24) is 15.1 Å². The lowest BCUT2D eigenvalue weighted by Gasteiger charge is -2.21. The van der Waals surface area contributed by atoms with E-state index in [0.717, 1.165) is 18.5 Å². The minimum Gasteiger partial charge on any atom is -0.483 e. The summed E-state index contributed by atoms with van der Waals surface area (Å²) in [7, 11) is 0. The molecule has 1 aliphatic carbocycles. The molecule has 2 aromatic rings. The molecular formula is C19H22N4O5. The van der Waals surface area contributed by atoms with Crippen LogP contribution in [0, 0.1) is 0 Å². The van der Waals surface area contributed by atoms with Crippen molar-refractivity contribution >= 4 is 18.2 Å². The van der Waals surface area contributed by atoms with Crippen molar-refractivity contribution < 1.29 is 24.2 Å². The van der Waals surface area contributed by atoms with Gasteiger partial charge < -0.3 is 24.8 Å². The van der Waals surface area contributed by atoms with Crippen LogP contribution < -0.4 is 14.8 Å². The van der Waals surface area contributed by atoms with Crippen molar-refractivity contribution in [2.24, 2.45) is 0 Å². The van der Waals surface area contributed by atoms with E-state index in [1.165, 1.54) is 29.8 Å². The minimum absolute atomic E-state index is 0.0788. The molecule has 0 radical (unpaired) electrons. The first-order chi connectivity index (χ1) is 13.7. The van der Waals surface area contributed by atoms with E-state index >= 15 is 0 Å². The van der Waals surface area contributed by atoms with Crippen LogP contribution in [0.15, 0.2) is 18.2 Å². The molecule has 2 aliphatic heterocycles. The van der Waals surface area contributed by atoms with E-state index in [9.17, 15) is 4.79 Å². The monoisotopic (exact) mass is 386 g/mol. The second kappa shape index (κ2) is 7.79. The van der Waals surface area contributed by atoms with Gasteiger partial charge in [0.25, 0.3) is 6.47 Å². The first kappa shape index (κ1) is 18.1. The van der Waals surface area contributed by atoms with Crippen LogP contribution in [0.4, 0.5) is 10.5 Å². The number of H-pyrrole nitrogens is 1. The number of benzene rings is 1. The van der Waals surface area contributed by atoms with Crippen LogP contribution in [0.1, 0.15) is 35.7 Å². The van der Waals surface area contributed by atoms with E-state index in [4.69, 9.17) is 19.4 Å². The Hall–Kier alpha value is -3.23. The molecule has 3 aliphatic rings. The predicted octanol–water partition coefficient (Wildman–Crippen LogP) is 2.35. The summed E-state index contributed by atoms with van der Waals surface area (Å²) in [5.41, 5.74) is 4.48. The summed E-state index contributed by atoms with van der Waals surface area (Å²) in [6.07, 6.45) is 4.17. The Morgan fingerprint density at radius 3 is 2.79 bits per heavy atom. The summed E-state index contributed by atoms with van der Waals surface area (Å²) in [6.45, 7) is 1.38. The van der Waals surface area contributed by atoms with E-state index in [1.807, 2.05) is 17.0 Å². The summed E-state index contributed by atoms with van der Waals surface area (Å²) in [5, 5.41) is 17.5. The number of hydrogen-bond acceptors (Lipinski definition) is 5. The van der Waals surface area contributed by atoms with Crippen LogP contribution >= 0.6 is 0 Å². The Bertz CT molecular complexity index is 877. The van der Waals surface area contributed by atoms with Crippen LogP contribution in [0.5, 0.6) is 11.5 Å². The van der Waals surface area contributed by atoms with Crippen LogP contribution in [0.2, 0.25) is 0 Å². The normalized spacial score (nSPS) is 17.1. The fourth-order valence-electron chi connectivity index (χ4n) is 3.58. The quantitative estimate of drug-likeness (QED) is 0.682. The Balaban J connectivity index is 0.000000604. The van der Waals surface area contributed by atoms with Crippen molar-refractivity contribution in [3.63, 3.8) is 0 Å². The summed E-state index contributed by atoms with van der Waals surface area (Å²) in [6, 6.07) is 5.37. The number of urea groups is 1. The minimum atomic E-state index is -0.250. The molecule has 2 amide bonds. The second-order valence-corrected chi connectivity index (χ2v) is 6.93. The van der Waals surface area contributed by atoms with Gasteiger partial charge in [0.1, 0.15) is 0 Å². The number of rotatable bonds is 2. The molecule has 1 fully saturated rings.